The molecular weight excluding hydrogens is 300 g/mol. The van der Waals surface area contributed by atoms with Gasteiger partial charge in [0.15, 0.2) is 0 Å². The van der Waals surface area contributed by atoms with Crippen LogP contribution in [0.3, 0.4) is 0 Å². The highest BCUT2D eigenvalue weighted by atomic mass is 15.3. The van der Waals surface area contributed by atoms with Gasteiger partial charge in [-0.3, -0.25) is 0 Å². The summed E-state index contributed by atoms with van der Waals surface area (Å²) in [5.74, 6) is 0.528. The molecule has 0 aliphatic rings. The zero-order valence-corrected chi connectivity index (χ0v) is 13.6. The van der Waals surface area contributed by atoms with Gasteiger partial charge in [0, 0.05) is 17.2 Å². The minimum Gasteiger partial charge on any atom is -0.369 e. The number of hydrogen-bond donors (Lipinski definition) is 2. The van der Waals surface area contributed by atoms with E-state index in [1.165, 1.54) is 0 Å². The molecule has 0 saturated carbocycles. The Kier molecular flexibility index (Phi) is 3.30. The second kappa shape index (κ2) is 5.49. The van der Waals surface area contributed by atoms with E-state index in [0.717, 1.165) is 33.5 Å². The second-order valence-electron chi connectivity index (χ2n) is 6.02. The second-order valence-corrected chi connectivity index (χ2v) is 6.02. The number of anilines is 1. The van der Waals surface area contributed by atoms with Crippen molar-refractivity contribution in [2.24, 2.45) is 0 Å². The Hall–Kier alpha value is -3.15. The lowest BCUT2D eigenvalue weighted by Gasteiger charge is -2.10. The average Bonchev–Trinajstić information content (AvgIpc) is 3.18. The first-order valence-electron chi connectivity index (χ1n) is 7.89. The van der Waals surface area contributed by atoms with Crippen molar-refractivity contribution < 1.29 is 0 Å². The first-order valence-corrected chi connectivity index (χ1v) is 7.89. The van der Waals surface area contributed by atoms with Gasteiger partial charge < -0.3 is 10.3 Å². The first kappa shape index (κ1) is 14.4. The maximum absolute atomic E-state index is 6.06. The van der Waals surface area contributed by atoms with Gasteiger partial charge in [-0.2, -0.15) is 15.4 Å². The Bertz CT molecular complexity index is 997. The van der Waals surface area contributed by atoms with Crippen LogP contribution in [0.2, 0.25) is 0 Å². The third-order valence-electron chi connectivity index (χ3n) is 4.10. The number of imidazole rings is 1. The molecule has 4 aromatic rings. The standard InChI is InChI=1S/C18H18N6/c1-11(2)24-15-10-13(8-9-14(15)20-18(24)19)17-16(21-23-22-17)12-6-4-3-5-7-12/h3-11H,1-2H3,(H2,19,20)(H,21,22,23). The molecule has 120 valence electrons. The molecule has 3 N–H and O–H groups in total. The molecular formula is C18H18N6. The van der Waals surface area contributed by atoms with Crippen LogP contribution < -0.4 is 5.73 Å². The molecule has 2 aromatic carbocycles. The van der Waals surface area contributed by atoms with E-state index < -0.39 is 0 Å². The van der Waals surface area contributed by atoms with E-state index in [1.54, 1.807) is 0 Å². The molecule has 2 aromatic heterocycles. The van der Waals surface area contributed by atoms with Crippen molar-refractivity contribution in [1.29, 1.82) is 0 Å². The largest absolute Gasteiger partial charge is 0.369 e. The van der Waals surface area contributed by atoms with Crippen LogP contribution in [0.15, 0.2) is 48.5 Å². The molecule has 2 heterocycles. The number of nitrogens with one attached hydrogen (secondary N) is 1. The highest BCUT2D eigenvalue weighted by molar-refractivity contribution is 5.86. The van der Waals surface area contributed by atoms with Crippen LogP contribution in [-0.4, -0.2) is 25.0 Å². The van der Waals surface area contributed by atoms with Gasteiger partial charge in [0.05, 0.1) is 11.0 Å². The zero-order valence-electron chi connectivity index (χ0n) is 13.6. The van der Waals surface area contributed by atoms with Gasteiger partial charge >= 0.3 is 0 Å². The van der Waals surface area contributed by atoms with Crippen molar-refractivity contribution in [3.8, 4) is 22.5 Å². The summed E-state index contributed by atoms with van der Waals surface area (Å²) in [6, 6.07) is 16.3. The normalized spacial score (nSPS) is 11.5. The fraction of sp³-hybridized carbons (Fsp3) is 0.167. The maximum atomic E-state index is 6.06. The van der Waals surface area contributed by atoms with Crippen LogP contribution in [0, 0.1) is 0 Å². The highest BCUT2D eigenvalue weighted by Gasteiger charge is 2.16. The highest BCUT2D eigenvalue weighted by Crippen LogP contribution is 2.31. The van der Waals surface area contributed by atoms with Crippen LogP contribution >= 0.6 is 0 Å². The number of benzene rings is 2. The van der Waals surface area contributed by atoms with Crippen molar-refractivity contribution in [3.05, 3.63) is 48.5 Å². The first-order chi connectivity index (χ1) is 11.6. The number of nitrogen functional groups attached to an aromatic ring is 1. The molecule has 0 saturated heterocycles. The summed E-state index contributed by atoms with van der Waals surface area (Å²) in [4.78, 5) is 4.43. The van der Waals surface area contributed by atoms with Crippen molar-refractivity contribution in [3.63, 3.8) is 0 Å². The minimum atomic E-state index is 0.233. The van der Waals surface area contributed by atoms with Crippen molar-refractivity contribution in [2.45, 2.75) is 19.9 Å². The number of hydrogen-bond acceptors (Lipinski definition) is 4. The monoisotopic (exact) mass is 318 g/mol. The van der Waals surface area contributed by atoms with Gasteiger partial charge in [0.1, 0.15) is 11.4 Å². The summed E-state index contributed by atoms with van der Waals surface area (Å²) in [6.45, 7) is 4.19. The van der Waals surface area contributed by atoms with Crippen LogP contribution in [0.1, 0.15) is 19.9 Å². The topological polar surface area (TPSA) is 85.4 Å². The lowest BCUT2D eigenvalue weighted by atomic mass is 10.0. The molecule has 0 fully saturated rings. The van der Waals surface area contributed by atoms with Crippen molar-refractivity contribution in [1.82, 2.24) is 25.0 Å². The summed E-state index contributed by atoms with van der Waals surface area (Å²) in [7, 11) is 0. The van der Waals surface area contributed by atoms with E-state index in [0.29, 0.717) is 5.95 Å². The molecule has 0 atom stereocenters. The van der Waals surface area contributed by atoms with E-state index in [-0.39, 0.29) is 6.04 Å². The molecule has 0 unspecified atom stereocenters. The lowest BCUT2D eigenvalue weighted by molar-refractivity contribution is 0.627. The van der Waals surface area contributed by atoms with E-state index in [2.05, 4.69) is 40.3 Å². The molecule has 0 aliphatic heterocycles. The Morgan fingerprint density at radius 3 is 2.38 bits per heavy atom. The molecule has 4 rings (SSSR count). The van der Waals surface area contributed by atoms with Gasteiger partial charge in [-0.15, -0.1) is 0 Å². The third-order valence-corrected chi connectivity index (χ3v) is 4.10. The SMILES string of the molecule is CC(C)n1c(N)nc2ccc(-c3n[nH]nc3-c3ccccc3)cc21. The Morgan fingerprint density at radius 1 is 0.958 bits per heavy atom. The molecule has 0 aliphatic carbocycles. The molecule has 0 radical (unpaired) electrons. The van der Waals surface area contributed by atoms with E-state index >= 15 is 0 Å². The zero-order chi connectivity index (χ0) is 16.7. The van der Waals surface area contributed by atoms with E-state index in [1.807, 2.05) is 47.0 Å². The fourth-order valence-corrected chi connectivity index (χ4v) is 3.03. The van der Waals surface area contributed by atoms with Crippen LogP contribution in [0.5, 0.6) is 0 Å². The molecule has 6 nitrogen and oxygen atoms in total. The summed E-state index contributed by atoms with van der Waals surface area (Å²) < 4.78 is 2.03. The number of aromatic nitrogens is 5. The molecule has 24 heavy (non-hydrogen) atoms. The predicted octanol–water partition coefficient (Wildman–Crippen LogP) is 3.65. The number of fused-ring (bicyclic) bond motifs is 1. The molecule has 0 amide bonds. The number of nitrogens with two attached hydrogens (primary N) is 1. The van der Waals surface area contributed by atoms with E-state index in [9.17, 15) is 0 Å². The minimum absolute atomic E-state index is 0.233. The molecule has 0 spiro atoms. The quantitative estimate of drug-likeness (QED) is 0.604. The van der Waals surface area contributed by atoms with Gasteiger partial charge in [-0.1, -0.05) is 36.4 Å². The summed E-state index contributed by atoms with van der Waals surface area (Å²) >= 11 is 0. The Labute approximate surface area is 139 Å². The summed E-state index contributed by atoms with van der Waals surface area (Å²) in [5, 5.41) is 11.4. The van der Waals surface area contributed by atoms with Gasteiger partial charge in [-0.25, -0.2) is 4.98 Å². The van der Waals surface area contributed by atoms with Crippen LogP contribution in [0.4, 0.5) is 5.95 Å². The summed E-state index contributed by atoms with van der Waals surface area (Å²) in [6.07, 6.45) is 0. The number of nitrogens with zero attached hydrogens (tertiary/aromatic N) is 4. The Balaban J connectivity index is 1.90. The lowest BCUT2D eigenvalue weighted by Crippen LogP contribution is -2.05. The number of aromatic amines is 1. The van der Waals surface area contributed by atoms with Gasteiger partial charge in [-0.05, 0) is 26.0 Å². The van der Waals surface area contributed by atoms with Crippen molar-refractivity contribution >= 4 is 17.0 Å². The number of H-pyrrole nitrogens is 1. The van der Waals surface area contributed by atoms with Crippen LogP contribution in [0.25, 0.3) is 33.5 Å². The van der Waals surface area contributed by atoms with E-state index in [4.69, 9.17) is 5.73 Å². The average molecular weight is 318 g/mol. The fourth-order valence-electron chi connectivity index (χ4n) is 3.03. The van der Waals surface area contributed by atoms with Crippen LogP contribution in [-0.2, 0) is 0 Å². The number of rotatable bonds is 3. The third kappa shape index (κ3) is 2.23. The van der Waals surface area contributed by atoms with Crippen molar-refractivity contribution in [2.75, 3.05) is 5.73 Å². The maximum Gasteiger partial charge on any atom is 0.201 e. The van der Waals surface area contributed by atoms with Gasteiger partial charge in [0.2, 0.25) is 5.95 Å². The smallest absolute Gasteiger partial charge is 0.201 e. The summed E-state index contributed by atoms with van der Waals surface area (Å²) in [5.41, 5.74) is 11.6. The predicted molar refractivity (Wildman–Crippen MR) is 95.3 cm³/mol. The molecule has 0 bridgehead atoms. The Morgan fingerprint density at radius 2 is 1.67 bits per heavy atom. The van der Waals surface area contributed by atoms with Gasteiger partial charge in [0.25, 0.3) is 0 Å². The molecule has 6 heteroatoms.